The molecule has 4 aromatic rings. The van der Waals surface area contributed by atoms with Crippen molar-refractivity contribution >= 4 is 33.2 Å². The van der Waals surface area contributed by atoms with Crippen molar-refractivity contribution < 1.29 is 34.8 Å². The summed E-state index contributed by atoms with van der Waals surface area (Å²) in [7, 11) is 3.48. The van der Waals surface area contributed by atoms with Gasteiger partial charge in [0.15, 0.2) is 23.1 Å². The van der Waals surface area contributed by atoms with Crippen LogP contribution in [0.1, 0.15) is 138 Å². The lowest BCUT2D eigenvalue weighted by molar-refractivity contribution is -0.114. The molecule has 4 aliphatic carbocycles. The molecule has 0 radical (unpaired) electrons. The van der Waals surface area contributed by atoms with Gasteiger partial charge in [-0.2, -0.15) is 0 Å². The van der Waals surface area contributed by atoms with E-state index in [0.717, 1.165) is 84.2 Å². The second kappa shape index (κ2) is 18.7. The number of nitrogens with two attached hydrogens (primary N) is 2. The molecule has 7 atom stereocenters. The summed E-state index contributed by atoms with van der Waals surface area (Å²) in [6, 6.07) is 16.5. The fraction of sp³-hybridized carbons (Fsp3) is 0.472. The van der Waals surface area contributed by atoms with Crippen molar-refractivity contribution in [2.45, 2.75) is 120 Å². The van der Waals surface area contributed by atoms with Crippen LogP contribution in [0, 0.1) is 34.5 Å². The monoisotopic (exact) mass is 915 g/mol. The number of nitrogens with one attached hydrogen (secondary N) is 1. The first-order chi connectivity index (χ1) is 31.3. The van der Waals surface area contributed by atoms with Crippen molar-refractivity contribution in [3.63, 3.8) is 0 Å². The summed E-state index contributed by atoms with van der Waals surface area (Å²) < 4.78 is 6.17. The number of phenols is 2. The van der Waals surface area contributed by atoms with E-state index in [1.165, 1.54) is 0 Å². The lowest BCUT2D eigenvalue weighted by Gasteiger charge is -2.54. The van der Waals surface area contributed by atoms with E-state index >= 15 is 0 Å². The molecular weight excluding hydrogens is 855 g/mol. The van der Waals surface area contributed by atoms with Gasteiger partial charge in [0.1, 0.15) is 5.75 Å². The zero-order valence-corrected chi connectivity index (χ0v) is 38.7. The van der Waals surface area contributed by atoms with Crippen LogP contribution in [0.25, 0.3) is 0 Å². The maximum Gasteiger partial charge on any atom is 0.165 e. The van der Waals surface area contributed by atoms with Gasteiger partial charge in [0.05, 0.1) is 30.9 Å². The molecule has 9 rings (SSSR count). The van der Waals surface area contributed by atoms with Gasteiger partial charge in [-0.25, -0.2) is 0 Å². The Labute approximate surface area is 389 Å². The number of aliphatic hydroxyl groups is 2. The van der Waals surface area contributed by atoms with Crippen molar-refractivity contribution in [1.82, 2.24) is 4.98 Å². The highest BCUT2D eigenvalue weighted by atomic mass is 33.1. The number of allylic oxidation sites excluding steroid dienone is 2. The Morgan fingerprint density at radius 1 is 0.969 bits per heavy atom. The molecule has 342 valence electrons. The standard InChI is InChI=1S/C53H61N3O7S2/c1-32(57)4-2-6-44-36-14-19-53(62)30-51(44)18-15-38(58)11-8-33-10-13-47(60)49(23-33)63-21-17-34-9-12-46(59)43(22-34)42-26-48(61)39-16-20-56-45(39)7-3-5-35-24-41(50(54)55)37(25-40(35)42)28-64-65-31-52(53,27-36)29-51/h9-10,12-13,15-16,18,20,22-25,32,36,42,44,50,56-57,59-60,62H,2,4,6-8,11,14,17,19,21,26-31,54-55H2,1H3. The van der Waals surface area contributed by atoms with Gasteiger partial charge in [-0.05, 0) is 140 Å². The van der Waals surface area contributed by atoms with Crippen molar-refractivity contribution in [3.05, 3.63) is 123 Å². The first-order valence-electron chi connectivity index (χ1n) is 23.2. The lowest BCUT2D eigenvalue weighted by atomic mass is 9.53. The molecule has 5 aliphatic rings. The smallest absolute Gasteiger partial charge is 0.165 e. The van der Waals surface area contributed by atoms with Crippen molar-refractivity contribution in [2.24, 2.45) is 34.1 Å². The molecule has 2 heterocycles. The van der Waals surface area contributed by atoms with E-state index in [2.05, 4.69) is 29.0 Å². The number of benzene rings is 3. The summed E-state index contributed by atoms with van der Waals surface area (Å²) in [5, 5.41) is 45.3. The Morgan fingerprint density at radius 3 is 2.60 bits per heavy atom. The first-order valence-corrected chi connectivity index (χ1v) is 25.7. The Hall–Kier alpha value is -4.48. The number of aromatic amines is 1. The SMILES string of the molecule is CC(O)CCCC1C2CCC3(O)CC14C=CC(=O)CCc1ccc(O)c(c1)OCCc1ccc(O)c(c1)C1CC(=O)c5cc[nH]c5CC#Cc5cc(C(N)N)c(cc51)CSSCC3(C2)C4. The minimum absolute atomic E-state index is 0.00425. The molecule has 65 heavy (non-hydrogen) atoms. The quantitative estimate of drug-likeness (QED) is 0.0576. The number of aromatic hydroxyl groups is 2. The average Bonchev–Trinajstić information content (AvgIpc) is 3.81. The minimum atomic E-state index is -0.865. The van der Waals surface area contributed by atoms with Crippen LogP contribution in [-0.2, 0) is 29.8 Å². The number of aliphatic hydroxyl groups excluding tert-OH is 1. The van der Waals surface area contributed by atoms with Gasteiger partial charge < -0.3 is 41.6 Å². The van der Waals surface area contributed by atoms with Crippen molar-refractivity contribution in [1.29, 1.82) is 0 Å². The third-order valence-corrected chi connectivity index (χ3v) is 17.9. The summed E-state index contributed by atoms with van der Waals surface area (Å²) >= 11 is 0. The molecule has 0 saturated heterocycles. The van der Waals surface area contributed by atoms with Gasteiger partial charge >= 0.3 is 0 Å². The van der Waals surface area contributed by atoms with Gasteiger partial charge in [-0.15, -0.1) is 0 Å². The van der Waals surface area contributed by atoms with Crippen LogP contribution in [0.3, 0.4) is 0 Å². The van der Waals surface area contributed by atoms with E-state index in [4.69, 9.17) is 16.2 Å². The molecule has 1 aromatic heterocycles. The molecule has 12 heteroatoms. The summed E-state index contributed by atoms with van der Waals surface area (Å²) in [5.74, 6) is 8.50. The first kappa shape index (κ1) is 45.7. The predicted octanol–water partition coefficient (Wildman–Crippen LogP) is 8.71. The Balaban J connectivity index is 1.11. The van der Waals surface area contributed by atoms with Gasteiger partial charge in [0.25, 0.3) is 0 Å². The van der Waals surface area contributed by atoms with Gasteiger partial charge in [0, 0.05) is 70.7 Å². The molecule has 10 nitrogen and oxygen atoms in total. The van der Waals surface area contributed by atoms with Gasteiger partial charge in [-0.1, -0.05) is 70.2 Å². The summed E-state index contributed by atoms with van der Waals surface area (Å²) in [6.45, 7) is 2.07. The highest BCUT2D eigenvalue weighted by Crippen LogP contribution is 2.73. The van der Waals surface area contributed by atoms with E-state index in [1.807, 2.05) is 31.2 Å². The minimum Gasteiger partial charge on any atom is -0.508 e. The molecule has 3 aromatic carbocycles. The number of ether oxygens (including phenoxy) is 1. The van der Waals surface area contributed by atoms with Crippen LogP contribution >= 0.6 is 21.6 Å². The molecule has 9 bridgehead atoms. The number of ketones is 2. The normalized spacial score (nSPS) is 28.3. The largest absolute Gasteiger partial charge is 0.508 e. The topological polar surface area (TPSA) is 192 Å². The second-order valence-electron chi connectivity index (χ2n) is 19.6. The number of carbonyl (C=O) groups is 2. The Morgan fingerprint density at radius 2 is 1.78 bits per heavy atom. The van der Waals surface area contributed by atoms with E-state index < -0.39 is 17.7 Å². The number of aromatic nitrogens is 1. The number of hydrogen-bond donors (Lipinski definition) is 7. The van der Waals surface area contributed by atoms with E-state index in [9.17, 15) is 30.0 Å². The fourth-order valence-corrected chi connectivity index (χ4v) is 15.0. The van der Waals surface area contributed by atoms with Crippen molar-refractivity contribution in [2.75, 3.05) is 12.4 Å². The molecule has 1 aliphatic heterocycles. The molecule has 0 amide bonds. The van der Waals surface area contributed by atoms with E-state index in [1.54, 1.807) is 58.1 Å². The van der Waals surface area contributed by atoms with Crippen molar-refractivity contribution in [3.8, 4) is 29.1 Å². The van der Waals surface area contributed by atoms with Crippen LogP contribution < -0.4 is 16.2 Å². The lowest BCUT2D eigenvalue weighted by Crippen LogP contribution is -2.52. The maximum absolute atomic E-state index is 14.2. The maximum atomic E-state index is 14.2. The molecule has 7 unspecified atom stereocenters. The van der Waals surface area contributed by atoms with E-state index in [0.29, 0.717) is 72.1 Å². The van der Waals surface area contributed by atoms with Crippen LogP contribution in [-0.4, -0.2) is 61.0 Å². The predicted molar refractivity (Wildman–Crippen MR) is 257 cm³/mol. The zero-order chi connectivity index (χ0) is 45.5. The number of rotatable bonds is 5. The molecular formula is C53H61N3O7S2. The highest BCUT2D eigenvalue weighted by molar-refractivity contribution is 8.76. The third kappa shape index (κ3) is 9.17. The number of fused-ring (bicyclic) bond motifs is 8. The summed E-state index contributed by atoms with van der Waals surface area (Å²) in [4.78, 5) is 31.1. The number of aryl methyl sites for hydroxylation is 1. The van der Waals surface area contributed by atoms with Gasteiger partial charge in [0.2, 0.25) is 0 Å². The summed E-state index contributed by atoms with van der Waals surface area (Å²) in [5.41, 5.74) is 18.4. The molecule has 1 spiro atoms. The molecule has 9 N–H and O–H groups in total. The highest BCUT2D eigenvalue weighted by Gasteiger charge is 2.70. The number of H-pyrrole nitrogens is 1. The Bertz CT molecular complexity index is 2560. The third-order valence-electron chi connectivity index (χ3n) is 15.4. The van der Waals surface area contributed by atoms with E-state index in [-0.39, 0.29) is 53.0 Å². The number of hydrogen-bond acceptors (Lipinski definition) is 11. The van der Waals surface area contributed by atoms with Crippen LogP contribution in [0.4, 0.5) is 0 Å². The molecule has 3 fully saturated rings. The van der Waals surface area contributed by atoms with Gasteiger partial charge in [-0.3, -0.25) is 9.59 Å². The fourth-order valence-electron chi connectivity index (χ4n) is 12.2. The number of Topliss-reactive ketones (excluding diaryl/α,β-unsaturated/α-hetero) is 1. The second-order valence-corrected chi connectivity index (χ2v) is 22.1. The van der Waals surface area contributed by atoms with Crippen LogP contribution in [0.15, 0.2) is 72.9 Å². The summed E-state index contributed by atoms with van der Waals surface area (Å²) in [6.07, 6.45) is 12.8. The zero-order valence-electron chi connectivity index (χ0n) is 37.1. The Kier molecular flexibility index (Phi) is 13.1. The van der Waals surface area contributed by atoms with Crippen LogP contribution in [0.2, 0.25) is 0 Å². The van der Waals surface area contributed by atoms with Crippen LogP contribution in [0.5, 0.6) is 17.2 Å². The average molecular weight is 916 g/mol. The molecule has 3 saturated carbocycles. The number of carbonyl (C=O) groups excluding carboxylic acids is 2. The number of phenolic OH excluding ortho intramolecular Hbond substituents is 2.